The Labute approximate surface area is 108 Å². The van der Waals surface area contributed by atoms with Gasteiger partial charge >= 0.3 is 0 Å². The summed E-state index contributed by atoms with van der Waals surface area (Å²) in [6, 6.07) is 7.28. The number of likely N-dealkylation sites (N-methyl/N-ethyl adjacent to an activating group) is 2. The van der Waals surface area contributed by atoms with Crippen LogP contribution in [0, 0.1) is 0 Å². The summed E-state index contributed by atoms with van der Waals surface area (Å²) in [6.07, 6.45) is 0. The van der Waals surface area contributed by atoms with E-state index >= 15 is 0 Å². The molecule has 0 saturated carbocycles. The van der Waals surface area contributed by atoms with Crippen LogP contribution in [0.2, 0.25) is 0 Å². The van der Waals surface area contributed by atoms with Gasteiger partial charge in [0.15, 0.2) is 0 Å². The molecular formula is C13H21N3O2. The second-order valence-electron chi connectivity index (χ2n) is 3.96. The van der Waals surface area contributed by atoms with Gasteiger partial charge in [0.1, 0.15) is 12.4 Å². The third-order valence-corrected chi connectivity index (χ3v) is 2.65. The second-order valence-corrected chi connectivity index (χ2v) is 3.96. The van der Waals surface area contributed by atoms with Gasteiger partial charge in [-0.15, -0.1) is 0 Å². The van der Waals surface area contributed by atoms with Crippen LogP contribution in [0.1, 0.15) is 6.92 Å². The molecule has 0 saturated heterocycles. The minimum absolute atomic E-state index is 0.0179. The molecule has 5 nitrogen and oxygen atoms in total. The van der Waals surface area contributed by atoms with E-state index in [9.17, 15) is 4.79 Å². The maximum atomic E-state index is 11.2. The molecule has 100 valence electrons. The van der Waals surface area contributed by atoms with Crippen LogP contribution in [0.25, 0.3) is 0 Å². The third-order valence-electron chi connectivity index (χ3n) is 2.65. The molecule has 0 aliphatic rings. The fourth-order valence-corrected chi connectivity index (χ4v) is 1.49. The van der Waals surface area contributed by atoms with Gasteiger partial charge in [0.05, 0.1) is 6.54 Å². The van der Waals surface area contributed by atoms with Gasteiger partial charge in [-0.1, -0.05) is 6.92 Å². The van der Waals surface area contributed by atoms with E-state index in [1.54, 1.807) is 19.2 Å². The number of nitrogens with two attached hydrogens (primary N) is 1. The number of amides is 1. The van der Waals surface area contributed by atoms with Crippen LogP contribution in [-0.2, 0) is 4.79 Å². The molecule has 1 aromatic rings. The lowest BCUT2D eigenvalue weighted by Crippen LogP contribution is -2.37. The van der Waals surface area contributed by atoms with E-state index < -0.39 is 0 Å². The molecule has 1 rings (SSSR count). The average Bonchev–Trinajstić information content (AvgIpc) is 2.39. The van der Waals surface area contributed by atoms with Crippen LogP contribution in [0.3, 0.4) is 0 Å². The molecule has 1 aromatic carbocycles. The summed E-state index contributed by atoms with van der Waals surface area (Å²) >= 11 is 0. The Morgan fingerprint density at radius 1 is 1.39 bits per heavy atom. The van der Waals surface area contributed by atoms with Crippen LogP contribution in [0.4, 0.5) is 5.69 Å². The molecule has 0 heterocycles. The van der Waals surface area contributed by atoms with Gasteiger partial charge in [-0.05, 0) is 30.8 Å². The Bertz CT molecular complexity index is 365. The van der Waals surface area contributed by atoms with Crippen LogP contribution < -0.4 is 15.8 Å². The molecule has 3 N–H and O–H groups in total. The summed E-state index contributed by atoms with van der Waals surface area (Å²) in [5.74, 6) is 0.810. The van der Waals surface area contributed by atoms with Crippen LogP contribution in [-0.4, -0.2) is 44.1 Å². The maximum absolute atomic E-state index is 11.2. The normalized spacial score (nSPS) is 10.4. The number of hydrogen-bond acceptors (Lipinski definition) is 4. The van der Waals surface area contributed by atoms with Crippen molar-refractivity contribution in [1.82, 2.24) is 10.2 Å². The molecule has 0 atom stereocenters. The van der Waals surface area contributed by atoms with Crippen molar-refractivity contribution >= 4 is 11.6 Å². The zero-order valence-corrected chi connectivity index (χ0v) is 11.0. The summed E-state index contributed by atoms with van der Waals surface area (Å²) < 4.78 is 5.58. The topological polar surface area (TPSA) is 67.6 Å². The number of benzene rings is 1. The standard InChI is InChI=1S/C13H21N3O2/c1-3-16(10-13(17)15-2)8-9-18-12-6-4-11(14)5-7-12/h4-7H,3,8-10,14H2,1-2H3,(H,15,17). The highest BCUT2D eigenvalue weighted by Crippen LogP contribution is 2.12. The number of hydrogen-bond donors (Lipinski definition) is 2. The van der Waals surface area contributed by atoms with E-state index in [1.165, 1.54) is 0 Å². The van der Waals surface area contributed by atoms with Gasteiger partial charge in [0, 0.05) is 19.3 Å². The van der Waals surface area contributed by atoms with Crippen molar-refractivity contribution in [2.24, 2.45) is 0 Å². The predicted octanol–water partition coefficient (Wildman–Crippen LogP) is 0.715. The van der Waals surface area contributed by atoms with Crippen molar-refractivity contribution in [3.05, 3.63) is 24.3 Å². The Hall–Kier alpha value is -1.75. The monoisotopic (exact) mass is 251 g/mol. The Morgan fingerprint density at radius 2 is 2.06 bits per heavy atom. The zero-order valence-electron chi connectivity index (χ0n) is 11.0. The van der Waals surface area contributed by atoms with Gasteiger partial charge < -0.3 is 15.8 Å². The summed E-state index contributed by atoms with van der Waals surface area (Å²) in [6.45, 7) is 4.51. The van der Waals surface area contributed by atoms with Gasteiger partial charge in [-0.25, -0.2) is 0 Å². The molecule has 5 heteroatoms. The van der Waals surface area contributed by atoms with E-state index in [2.05, 4.69) is 5.32 Å². The maximum Gasteiger partial charge on any atom is 0.233 e. The molecule has 0 aliphatic heterocycles. The van der Waals surface area contributed by atoms with Crippen molar-refractivity contribution in [2.45, 2.75) is 6.92 Å². The summed E-state index contributed by atoms with van der Waals surface area (Å²) in [5.41, 5.74) is 6.31. The van der Waals surface area contributed by atoms with Crippen molar-refractivity contribution < 1.29 is 9.53 Å². The smallest absolute Gasteiger partial charge is 0.233 e. The van der Waals surface area contributed by atoms with E-state index in [0.717, 1.165) is 18.0 Å². The predicted molar refractivity (Wildman–Crippen MR) is 72.5 cm³/mol. The molecule has 18 heavy (non-hydrogen) atoms. The highest BCUT2D eigenvalue weighted by molar-refractivity contribution is 5.77. The van der Waals surface area contributed by atoms with Gasteiger partial charge in [0.25, 0.3) is 0 Å². The fraction of sp³-hybridized carbons (Fsp3) is 0.462. The van der Waals surface area contributed by atoms with E-state index in [-0.39, 0.29) is 5.91 Å². The summed E-state index contributed by atoms with van der Waals surface area (Å²) in [5, 5.41) is 2.61. The number of nitrogens with one attached hydrogen (secondary N) is 1. The highest BCUT2D eigenvalue weighted by atomic mass is 16.5. The first-order valence-electron chi connectivity index (χ1n) is 6.07. The minimum Gasteiger partial charge on any atom is -0.492 e. The molecule has 0 spiro atoms. The minimum atomic E-state index is 0.0179. The fourth-order valence-electron chi connectivity index (χ4n) is 1.49. The molecule has 1 amide bonds. The SMILES string of the molecule is CCN(CCOc1ccc(N)cc1)CC(=O)NC. The third kappa shape index (κ3) is 5.05. The molecule has 0 bridgehead atoms. The van der Waals surface area contributed by atoms with Crippen molar-refractivity contribution in [1.29, 1.82) is 0 Å². The molecule has 0 unspecified atom stereocenters. The van der Waals surface area contributed by atoms with Gasteiger partial charge in [0.2, 0.25) is 5.91 Å². The Kier molecular flexibility index (Phi) is 6.00. The van der Waals surface area contributed by atoms with E-state index in [4.69, 9.17) is 10.5 Å². The average molecular weight is 251 g/mol. The molecule has 0 aliphatic carbocycles. The zero-order chi connectivity index (χ0) is 13.4. The number of nitrogen functional groups attached to an aromatic ring is 1. The van der Waals surface area contributed by atoms with Gasteiger partial charge in [-0.3, -0.25) is 9.69 Å². The number of ether oxygens (including phenoxy) is 1. The Morgan fingerprint density at radius 3 is 2.61 bits per heavy atom. The first-order chi connectivity index (χ1) is 8.65. The lowest BCUT2D eigenvalue weighted by Gasteiger charge is -2.19. The van der Waals surface area contributed by atoms with Crippen molar-refractivity contribution in [3.63, 3.8) is 0 Å². The Balaban J connectivity index is 2.30. The highest BCUT2D eigenvalue weighted by Gasteiger charge is 2.07. The number of carbonyl (C=O) groups excluding carboxylic acids is 1. The number of anilines is 1. The van der Waals surface area contributed by atoms with Crippen LogP contribution >= 0.6 is 0 Å². The quantitative estimate of drug-likeness (QED) is 0.701. The first kappa shape index (κ1) is 14.3. The molecule has 0 aromatic heterocycles. The lowest BCUT2D eigenvalue weighted by atomic mass is 10.3. The number of carbonyl (C=O) groups is 1. The molecule has 0 radical (unpaired) electrons. The number of rotatable bonds is 7. The summed E-state index contributed by atoms with van der Waals surface area (Å²) in [4.78, 5) is 13.3. The van der Waals surface area contributed by atoms with Crippen LogP contribution in [0.15, 0.2) is 24.3 Å². The van der Waals surface area contributed by atoms with E-state index in [1.807, 2.05) is 24.0 Å². The second kappa shape index (κ2) is 7.55. The first-order valence-corrected chi connectivity index (χ1v) is 6.07. The molecule has 0 fully saturated rings. The van der Waals surface area contributed by atoms with Crippen molar-refractivity contribution in [3.8, 4) is 5.75 Å². The largest absolute Gasteiger partial charge is 0.492 e. The van der Waals surface area contributed by atoms with Crippen LogP contribution in [0.5, 0.6) is 5.75 Å². The number of nitrogens with zero attached hydrogens (tertiary/aromatic N) is 1. The van der Waals surface area contributed by atoms with E-state index in [0.29, 0.717) is 19.7 Å². The summed E-state index contributed by atoms with van der Waals surface area (Å²) in [7, 11) is 1.64. The van der Waals surface area contributed by atoms with Gasteiger partial charge in [-0.2, -0.15) is 0 Å². The molecular weight excluding hydrogens is 230 g/mol. The lowest BCUT2D eigenvalue weighted by molar-refractivity contribution is -0.121. The van der Waals surface area contributed by atoms with Crippen molar-refractivity contribution in [2.75, 3.05) is 39.0 Å².